The predicted molar refractivity (Wildman–Crippen MR) is 167 cm³/mol. The lowest BCUT2D eigenvalue weighted by Gasteiger charge is -2.36. The van der Waals surface area contributed by atoms with E-state index in [1.807, 2.05) is 19.1 Å². The highest BCUT2D eigenvalue weighted by molar-refractivity contribution is 6.13. The van der Waals surface area contributed by atoms with Crippen LogP contribution in [0.3, 0.4) is 0 Å². The summed E-state index contributed by atoms with van der Waals surface area (Å²) in [6.07, 6.45) is 3.35. The normalized spacial score (nSPS) is 16.5. The number of piperazine rings is 1. The average Bonchev–Trinajstić information content (AvgIpc) is 3.00. The van der Waals surface area contributed by atoms with E-state index in [2.05, 4.69) is 71.1 Å². The summed E-state index contributed by atoms with van der Waals surface area (Å²) >= 11 is 0. The zero-order valence-corrected chi connectivity index (χ0v) is 25.3. The molecule has 8 nitrogen and oxygen atoms in total. The van der Waals surface area contributed by atoms with Crippen LogP contribution < -0.4 is 14.5 Å². The number of amides is 2. The third kappa shape index (κ3) is 7.21. The third-order valence-electron chi connectivity index (χ3n) is 8.24. The molecule has 1 atom stereocenters. The van der Waals surface area contributed by atoms with E-state index in [9.17, 15) is 9.59 Å². The van der Waals surface area contributed by atoms with E-state index in [1.54, 1.807) is 0 Å². The summed E-state index contributed by atoms with van der Waals surface area (Å²) in [5.74, 6) is 0.887. The second-order valence-electron chi connectivity index (χ2n) is 11.8. The number of nitrogens with zero attached hydrogens (tertiary/aromatic N) is 4. The van der Waals surface area contributed by atoms with Crippen LogP contribution in [-0.2, 0) is 16.0 Å². The van der Waals surface area contributed by atoms with Gasteiger partial charge in [-0.25, -0.2) is 4.79 Å². The molecule has 3 heterocycles. The standard InChI is InChI=1S/C34H44N4O4/c1-4-28(24-25(2)3)42-34(40)38-32(39)17-15-27-14-16-31(35-33(27)38)41-23-8-7-18-36-19-21-37(22-20-36)30-13-9-11-26-10-5-6-12-29(26)30/h5-6,9-14,16,25,28H,4,7-8,15,17-24H2,1-3H3. The number of fused-ring (bicyclic) bond motifs is 2. The van der Waals surface area contributed by atoms with Crippen LogP contribution in [0, 0.1) is 5.92 Å². The Morgan fingerprint density at radius 2 is 1.74 bits per heavy atom. The zero-order valence-electron chi connectivity index (χ0n) is 25.3. The number of imide groups is 1. The summed E-state index contributed by atoms with van der Waals surface area (Å²) in [5, 5.41) is 2.61. The van der Waals surface area contributed by atoms with Gasteiger partial charge in [0.25, 0.3) is 0 Å². The van der Waals surface area contributed by atoms with Crippen LogP contribution >= 0.6 is 0 Å². The molecule has 224 valence electrons. The highest BCUT2D eigenvalue weighted by Gasteiger charge is 2.34. The third-order valence-corrected chi connectivity index (χ3v) is 8.24. The van der Waals surface area contributed by atoms with Crippen LogP contribution in [0.2, 0.25) is 0 Å². The summed E-state index contributed by atoms with van der Waals surface area (Å²) in [6, 6.07) is 18.9. The molecular formula is C34H44N4O4. The molecule has 2 aromatic carbocycles. The van der Waals surface area contributed by atoms with E-state index in [4.69, 9.17) is 9.47 Å². The molecule has 1 saturated heterocycles. The molecule has 3 aromatic rings. The Morgan fingerprint density at radius 1 is 0.952 bits per heavy atom. The van der Waals surface area contributed by atoms with E-state index in [0.717, 1.165) is 62.4 Å². The summed E-state index contributed by atoms with van der Waals surface area (Å²) in [5.41, 5.74) is 2.19. The lowest BCUT2D eigenvalue weighted by Crippen LogP contribution is -2.46. The Balaban J connectivity index is 1.08. The summed E-state index contributed by atoms with van der Waals surface area (Å²) in [6.45, 7) is 11.9. The monoisotopic (exact) mass is 572 g/mol. The van der Waals surface area contributed by atoms with Crippen molar-refractivity contribution in [2.24, 2.45) is 5.92 Å². The van der Waals surface area contributed by atoms with E-state index in [0.29, 0.717) is 37.1 Å². The van der Waals surface area contributed by atoms with Gasteiger partial charge in [-0.15, -0.1) is 0 Å². The number of hydrogen-bond donors (Lipinski definition) is 0. The number of carbonyl (C=O) groups is 2. The van der Waals surface area contributed by atoms with Crippen molar-refractivity contribution in [1.82, 2.24) is 9.88 Å². The van der Waals surface area contributed by atoms with Gasteiger partial charge in [-0.1, -0.05) is 57.2 Å². The van der Waals surface area contributed by atoms with E-state index >= 15 is 0 Å². The maximum Gasteiger partial charge on any atom is 0.422 e. The van der Waals surface area contributed by atoms with Gasteiger partial charge < -0.3 is 14.4 Å². The highest BCUT2D eigenvalue weighted by atomic mass is 16.6. The first-order valence-electron chi connectivity index (χ1n) is 15.5. The van der Waals surface area contributed by atoms with Gasteiger partial charge in [0.05, 0.1) is 6.61 Å². The summed E-state index contributed by atoms with van der Waals surface area (Å²) in [4.78, 5) is 36.5. The van der Waals surface area contributed by atoms with Crippen molar-refractivity contribution in [2.45, 2.75) is 65.4 Å². The molecule has 5 rings (SSSR count). The van der Waals surface area contributed by atoms with Gasteiger partial charge in [-0.2, -0.15) is 9.88 Å². The van der Waals surface area contributed by atoms with Gasteiger partial charge in [0.1, 0.15) is 6.10 Å². The Hall–Kier alpha value is -3.65. The zero-order chi connectivity index (χ0) is 29.5. The molecule has 0 saturated carbocycles. The maximum absolute atomic E-state index is 13.0. The second kappa shape index (κ2) is 14.0. The molecule has 0 N–H and O–H groups in total. The van der Waals surface area contributed by atoms with Crippen LogP contribution in [0.5, 0.6) is 5.88 Å². The number of benzene rings is 2. The number of pyridine rings is 1. The average molecular weight is 573 g/mol. The predicted octanol–water partition coefficient (Wildman–Crippen LogP) is 6.46. The van der Waals surface area contributed by atoms with Gasteiger partial charge in [0.2, 0.25) is 11.8 Å². The van der Waals surface area contributed by atoms with Crippen LogP contribution in [0.15, 0.2) is 54.6 Å². The van der Waals surface area contributed by atoms with Crippen molar-refractivity contribution in [3.8, 4) is 5.88 Å². The first kappa shape index (κ1) is 29.8. The second-order valence-corrected chi connectivity index (χ2v) is 11.8. The minimum atomic E-state index is -0.640. The quantitative estimate of drug-likeness (QED) is 0.244. The Labute approximate surface area is 249 Å². The molecule has 2 aliphatic heterocycles. The molecule has 2 amide bonds. The summed E-state index contributed by atoms with van der Waals surface area (Å²) < 4.78 is 11.7. The van der Waals surface area contributed by atoms with Crippen LogP contribution in [0.1, 0.15) is 58.4 Å². The number of anilines is 2. The van der Waals surface area contributed by atoms with Crippen molar-refractivity contribution in [3.63, 3.8) is 0 Å². The number of hydrogen-bond acceptors (Lipinski definition) is 7. The molecule has 0 bridgehead atoms. The fourth-order valence-corrected chi connectivity index (χ4v) is 5.92. The molecule has 8 heteroatoms. The first-order valence-corrected chi connectivity index (χ1v) is 15.5. The molecule has 0 aliphatic carbocycles. The lowest BCUT2D eigenvalue weighted by atomic mass is 10.0. The number of unbranched alkanes of at least 4 members (excludes halogenated alkanes) is 1. The Morgan fingerprint density at radius 3 is 2.52 bits per heavy atom. The fraction of sp³-hybridized carbons (Fsp3) is 0.500. The fourth-order valence-electron chi connectivity index (χ4n) is 5.92. The van der Waals surface area contributed by atoms with Crippen molar-refractivity contribution >= 4 is 34.3 Å². The Bertz CT molecular complexity index is 1360. The van der Waals surface area contributed by atoms with Crippen molar-refractivity contribution in [3.05, 3.63) is 60.2 Å². The highest BCUT2D eigenvalue weighted by Crippen LogP contribution is 2.30. The van der Waals surface area contributed by atoms with Gasteiger partial charge in [0, 0.05) is 49.7 Å². The smallest absolute Gasteiger partial charge is 0.422 e. The van der Waals surface area contributed by atoms with Crippen LogP contribution in [-0.4, -0.2) is 67.3 Å². The van der Waals surface area contributed by atoms with Gasteiger partial charge in [-0.05, 0) is 67.6 Å². The minimum absolute atomic E-state index is 0.226. The van der Waals surface area contributed by atoms with E-state index in [-0.39, 0.29) is 18.4 Å². The molecule has 42 heavy (non-hydrogen) atoms. The number of aryl methyl sites for hydroxylation is 1. The molecule has 1 fully saturated rings. The van der Waals surface area contributed by atoms with Gasteiger partial charge >= 0.3 is 6.09 Å². The van der Waals surface area contributed by atoms with Crippen LogP contribution in [0.4, 0.5) is 16.3 Å². The summed E-state index contributed by atoms with van der Waals surface area (Å²) in [7, 11) is 0. The molecular weight excluding hydrogens is 528 g/mol. The number of aromatic nitrogens is 1. The topological polar surface area (TPSA) is 75.2 Å². The van der Waals surface area contributed by atoms with Crippen molar-refractivity contribution in [2.75, 3.05) is 49.1 Å². The number of ether oxygens (including phenoxy) is 2. The van der Waals surface area contributed by atoms with Crippen molar-refractivity contribution in [1.29, 1.82) is 0 Å². The molecule has 2 aliphatic rings. The number of carbonyl (C=O) groups excluding carboxylic acids is 2. The lowest BCUT2D eigenvalue weighted by molar-refractivity contribution is -0.118. The molecule has 1 aromatic heterocycles. The van der Waals surface area contributed by atoms with Gasteiger partial charge in [0.15, 0.2) is 5.82 Å². The maximum atomic E-state index is 13.0. The SMILES string of the molecule is CCC(CC(C)C)OC(=O)N1C(=O)CCc2ccc(OCCCCN3CCN(c4cccc5ccccc45)CC3)nc21. The molecule has 0 radical (unpaired) electrons. The van der Waals surface area contributed by atoms with Crippen molar-refractivity contribution < 1.29 is 19.1 Å². The van der Waals surface area contributed by atoms with Crippen LogP contribution in [0.25, 0.3) is 10.8 Å². The molecule has 1 unspecified atom stereocenters. The van der Waals surface area contributed by atoms with E-state index < -0.39 is 6.09 Å². The van der Waals surface area contributed by atoms with E-state index in [1.165, 1.54) is 16.5 Å². The number of rotatable bonds is 11. The first-order chi connectivity index (χ1) is 20.4. The Kier molecular flexibility index (Phi) is 9.95. The minimum Gasteiger partial charge on any atom is -0.478 e. The van der Waals surface area contributed by atoms with Gasteiger partial charge in [-0.3, -0.25) is 9.69 Å². The molecule has 0 spiro atoms. The largest absolute Gasteiger partial charge is 0.478 e.